The minimum Gasteiger partial charge on any atom is -0.412 e. The quantitative estimate of drug-likeness (QED) is 0.0935. The SMILES string of the molecule is CO.CO.O.O.O.O=P(O)(O)O.OO.[Zn].[Zn]. The van der Waals surface area contributed by atoms with Crippen molar-refractivity contribution in [3.05, 3.63) is 0 Å². The van der Waals surface area contributed by atoms with E-state index in [2.05, 4.69) is 0 Å². The molecule has 0 aliphatic rings. The third kappa shape index (κ3) is 2580. The van der Waals surface area contributed by atoms with Crippen LogP contribution in [0.25, 0.3) is 0 Å². The van der Waals surface area contributed by atoms with Gasteiger partial charge in [-0.15, -0.1) is 0 Å². The van der Waals surface area contributed by atoms with E-state index in [0.717, 1.165) is 14.2 Å². The molecule has 0 bridgehead atoms. The molecule has 0 aromatic rings. The molecule has 0 aromatic carbocycles. The molecule has 14 heteroatoms. The molecule has 0 aliphatic carbocycles. The molecular weight excluding hydrogens is 362 g/mol. The van der Waals surface area contributed by atoms with Crippen LogP contribution in [0.5, 0.6) is 0 Å². The minimum atomic E-state index is -4.64. The second-order valence-electron chi connectivity index (χ2n) is 0.513. The van der Waals surface area contributed by atoms with Gasteiger partial charge in [0.25, 0.3) is 0 Å². The zero-order valence-corrected chi connectivity index (χ0v) is 15.7. The largest absolute Gasteiger partial charge is 0.466 e. The minimum absolute atomic E-state index is 0. The Morgan fingerprint density at radius 1 is 0.688 bits per heavy atom. The van der Waals surface area contributed by atoms with Gasteiger partial charge >= 0.3 is 7.82 Å². The fourth-order valence-electron chi connectivity index (χ4n) is 0. The Morgan fingerprint density at radius 2 is 0.688 bits per heavy atom. The van der Waals surface area contributed by atoms with E-state index >= 15 is 0 Å². The summed E-state index contributed by atoms with van der Waals surface area (Å²) in [4.78, 5) is 21.6. The van der Waals surface area contributed by atoms with Crippen molar-refractivity contribution < 1.29 is 95.4 Å². The molecule has 0 saturated carbocycles. The van der Waals surface area contributed by atoms with Crippen LogP contribution in [0.15, 0.2) is 0 Å². The zero-order valence-electron chi connectivity index (χ0n) is 8.90. The summed E-state index contributed by atoms with van der Waals surface area (Å²) < 4.78 is 8.88. The Kier molecular flexibility index (Phi) is 309. The van der Waals surface area contributed by atoms with Crippen LogP contribution >= 0.6 is 7.82 Å². The topological polar surface area (TPSA) is 253 Å². The molecule has 0 fully saturated rings. The van der Waals surface area contributed by atoms with Crippen molar-refractivity contribution in [2.24, 2.45) is 0 Å². The van der Waals surface area contributed by atoms with Gasteiger partial charge in [-0.25, -0.2) is 4.57 Å². The number of phosphoric acid groups is 1. The Bertz CT molecular complexity index is 68.1. The van der Waals surface area contributed by atoms with E-state index in [0.29, 0.717) is 0 Å². The first-order valence-corrected chi connectivity index (χ1v) is 3.44. The van der Waals surface area contributed by atoms with Crippen LogP contribution in [-0.2, 0) is 43.5 Å². The van der Waals surface area contributed by atoms with Gasteiger partial charge in [0.2, 0.25) is 0 Å². The Hall–Kier alpha value is 1.08. The maximum atomic E-state index is 8.88. The number of hydrogen-bond donors (Lipinski definition) is 7. The molecule has 0 atom stereocenters. The van der Waals surface area contributed by atoms with E-state index in [1.165, 1.54) is 0 Å². The van der Waals surface area contributed by atoms with Gasteiger partial charge < -0.3 is 41.3 Å². The van der Waals surface area contributed by atoms with Gasteiger partial charge in [-0.3, -0.25) is 10.5 Å². The molecule has 0 rings (SSSR count). The molecule has 0 spiro atoms. The average molecular weight is 381 g/mol. The smallest absolute Gasteiger partial charge is 0.412 e. The molecule has 0 saturated heterocycles. The Labute approximate surface area is 117 Å². The fourth-order valence-corrected chi connectivity index (χ4v) is 0. The molecule has 0 heterocycles. The van der Waals surface area contributed by atoms with E-state index < -0.39 is 7.82 Å². The zero-order chi connectivity index (χ0) is 10.5. The average Bonchev–Trinajstić information content (AvgIpc) is 1.96. The van der Waals surface area contributed by atoms with Gasteiger partial charge in [-0.05, 0) is 0 Å². The van der Waals surface area contributed by atoms with Crippen LogP contribution in [0.4, 0.5) is 0 Å². The van der Waals surface area contributed by atoms with Gasteiger partial charge in [0.05, 0.1) is 0 Å². The molecule has 16 heavy (non-hydrogen) atoms. The number of aliphatic hydroxyl groups is 2. The maximum Gasteiger partial charge on any atom is 0.466 e. The van der Waals surface area contributed by atoms with Gasteiger partial charge in [-0.2, -0.15) is 0 Å². The van der Waals surface area contributed by atoms with E-state index in [4.69, 9.17) is 40.0 Å². The second kappa shape index (κ2) is 73.0. The maximum absolute atomic E-state index is 8.88. The van der Waals surface area contributed by atoms with E-state index in [1.54, 1.807) is 0 Å². The molecule has 11 nitrogen and oxygen atoms in total. The predicted molar refractivity (Wildman–Crippen MR) is 46.6 cm³/mol. The summed E-state index contributed by atoms with van der Waals surface area (Å²) in [7, 11) is -2.64. The molecule has 0 radical (unpaired) electrons. The molecule has 102 valence electrons. The fraction of sp³-hybridized carbons (Fsp3) is 1.00. The van der Waals surface area contributed by atoms with Crippen LogP contribution in [0, 0.1) is 0 Å². The first kappa shape index (κ1) is 67.7. The number of hydrogen-bond acceptors (Lipinski definition) is 5. The van der Waals surface area contributed by atoms with Crippen LogP contribution in [0.1, 0.15) is 0 Å². The normalized spacial score (nSPS) is 4.81. The van der Waals surface area contributed by atoms with Gasteiger partial charge in [0.15, 0.2) is 0 Å². The van der Waals surface area contributed by atoms with Crippen LogP contribution in [0.2, 0.25) is 0 Å². The van der Waals surface area contributed by atoms with Crippen molar-refractivity contribution >= 4 is 7.82 Å². The van der Waals surface area contributed by atoms with Crippen molar-refractivity contribution in [2.75, 3.05) is 14.2 Å². The predicted octanol–water partition coefficient (Wildman–Crippen LogP) is -4.17. The van der Waals surface area contributed by atoms with Gasteiger partial charge in [-0.1, -0.05) is 0 Å². The monoisotopic (exact) mass is 378 g/mol. The molecule has 0 unspecified atom stereocenters. The molecule has 0 aliphatic heterocycles. The van der Waals surface area contributed by atoms with Crippen LogP contribution in [0.3, 0.4) is 0 Å². The van der Waals surface area contributed by atoms with Crippen molar-refractivity contribution in [3.63, 3.8) is 0 Å². The molecule has 0 aromatic heterocycles. The van der Waals surface area contributed by atoms with Crippen molar-refractivity contribution in [2.45, 2.75) is 0 Å². The van der Waals surface area contributed by atoms with Crippen LogP contribution in [-0.4, -0.2) is 66.1 Å². The van der Waals surface area contributed by atoms with Crippen molar-refractivity contribution in [1.82, 2.24) is 0 Å². The summed E-state index contributed by atoms with van der Waals surface area (Å²) in [6, 6.07) is 0. The first-order valence-electron chi connectivity index (χ1n) is 1.88. The number of rotatable bonds is 0. The summed E-state index contributed by atoms with van der Waals surface area (Å²) in [5.41, 5.74) is 0. The number of aliphatic hydroxyl groups excluding tert-OH is 2. The third-order valence-corrected chi connectivity index (χ3v) is 0. The molecular formula is C2H19O11PZn2. The Morgan fingerprint density at radius 3 is 0.688 bits per heavy atom. The second-order valence-corrected chi connectivity index (χ2v) is 1.54. The summed E-state index contributed by atoms with van der Waals surface area (Å²) in [5.74, 6) is 0. The molecule has 0 amide bonds. The van der Waals surface area contributed by atoms with E-state index in [1.807, 2.05) is 0 Å². The van der Waals surface area contributed by atoms with Crippen LogP contribution < -0.4 is 0 Å². The standard InChI is InChI=1S/2CH4O.H3O4P.H2O2.3H2O.2Zn/c2*1-2;1-5(2,3)4;1-2;;;;;/h2*2H,1H3;(H3,1,2,3,4);1-2H;3*1H2;;. The molecule has 13 N–H and O–H groups in total. The summed E-state index contributed by atoms with van der Waals surface area (Å²) in [5, 5.41) is 26.0. The summed E-state index contributed by atoms with van der Waals surface area (Å²) in [6.45, 7) is 0. The summed E-state index contributed by atoms with van der Waals surface area (Å²) in [6.07, 6.45) is 0. The van der Waals surface area contributed by atoms with Gasteiger partial charge in [0.1, 0.15) is 0 Å². The first-order chi connectivity index (χ1) is 5.00. The van der Waals surface area contributed by atoms with Gasteiger partial charge in [0, 0.05) is 53.2 Å². The van der Waals surface area contributed by atoms with Crippen molar-refractivity contribution in [1.29, 1.82) is 0 Å². The third-order valence-electron chi connectivity index (χ3n) is 0. The van der Waals surface area contributed by atoms with Crippen molar-refractivity contribution in [3.8, 4) is 0 Å². The van der Waals surface area contributed by atoms with E-state index in [9.17, 15) is 0 Å². The summed E-state index contributed by atoms with van der Waals surface area (Å²) >= 11 is 0. The Balaban J connectivity index is -0.00000000578. The van der Waals surface area contributed by atoms with E-state index in [-0.39, 0.29) is 55.4 Å².